The number of aryl methyl sites for hydroxylation is 4. The number of hydrogen-bond acceptors (Lipinski definition) is 6. The largest absolute Gasteiger partial charge is 0.333 e. The smallest absolute Gasteiger partial charge is 0.322 e. The normalized spacial score (nSPS) is 11.8. The molecule has 0 N–H and O–H groups in total. The van der Waals surface area contributed by atoms with Gasteiger partial charge in [-0.25, -0.2) is 14.3 Å². The highest BCUT2D eigenvalue weighted by Gasteiger charge is 2.23. The summed E-state index contributed by atoms with van der Waals surface area (Å²) in [5, 5.41) is 0. The highest BCUT2D eigenvalue weighted by atomic mass is 79.9. The van der Waals surface area contributed by atoms with Crippen molar-refractivity contribution in [1.82, 2.24) is 18.7 Å². The van der Waals surface area contributed by atoms with Gasteiger partial charge in [-0.05, 0) is 51.7 Å². The monoisotopic (exact) mass is 606 g/mol. The van der Waals surface area contributed by atoms with Gasteiger partial charge in [-0.15, -0.1) is 6.42 Å². The Bertz CT molecular complexity index is 1440. The van der Waals surface area contributed by atoms with Gasteiger partial charge in [0.05, 0.1) is 25.9 Å². The molecule has 0 aliphatic rings. The van der Waals surface area contributed by atoms with Crippen molar-refractivity contribution in [2.75, 3.05) is 19.4 Å². The molecule has 38 heavy (non-hydrogen) atoms. The van der Waals surface area contributed by atoms with Gasteiger partial charge in [0, 0.05) is 24.0 Å². The van der Waals surface area contributed by atoms with E-state index in [-0.39, 0.29) is 6.54 Å². The molecule has 0 amide bonds. The van der Waals surface area contributed by atoms with Crippen molar-refractivity contribution in [3.63, 3.8) is 0 Å². The first-order valence-corrected chi connectivity index (χ1v) is 15.6. The fourth-order valence-corrected chi connectivity index (χ4v) is 6.77. The summed E-state index contributed by atoms with van der Waals surface area (Å²) in [5.41, 5.74) is 1.02. The van der Waals surface area contributed by atoms with E-state index >= 15 is 0 Å². The summed E-state index contributed by atoms with van der Waals surface area (Å²) >= 11 is 3.59. The van der Waals surface area contributed by atoms with Gasteiger partial charge in [0.1, 0.15) is 5.82 Å². The first-order chi connectivity index (χ1) is 18.3. The summed E-state index contributed by atoms with van der Waals surface area (Å²) in [7, 11) is -3.10. The molecule has 0 aliphatic carbocycles. The minimum Gasteiger partial charge on any atom is -0.322 e. The maximum atomic E-state index is 13.3. The van der Waals surface area contributed by atoms with Crippen LogP contribution in [0.2, 0.25) is 0 Å². The van der Waals surface area contributed by atoms with Crippen molar-refractivity contribution in [1.29, 1.82) is 0 Å². The van der Waals surface area contributed by atoms with Crippen LogP contribution in [-0.2, 0) is 46.1 Å². The van der Waals surface area contributed by atoms with Crippen LogP contribution in [0.25, 0.3) is 11.2 Å². The summed E-state index contributed by atoms with van der Waals surface area (Å²) in [4.78, 5) is 31.5. The standard InChI is InChI=1S/C27H36BrN4O5P/c1-5-18-32-26(33)24-25(29-23(30(24)6-2)17-16-21-14-10-11-15-22(21)28)31(27(32)34)19-12-9-13-20-38(35,36-7-3)37-8-4/h1,10-11,14-15H,6-9,12-13,16-20H2,2-4H3. The zero-order valence-corrected chi connectivity index (χ0v) is 24.8. The van der Waals surface area contributed by atoms with E-state index in [0.29, 0.717) is 69.3 Å². The molecular weight excluding hydrogens is 571 g/mol. The van der Waals surface area contributed by atoms with Crippen molar-refractivity contribution in [2.24, 2.45) is 0 Å². The van der Waals surface area contributed by atoms with Gasteiger partial charge >= 0.3 is 13.3 Å². The van der Waals surface area contributed by atoms with Gasteiger partial charge in [0.25, 0.3) is 5.56 Å². The maximum Gasteiger partial charge on any atom is 0.333 e. The Kier molecular flexibility index (Phi) is 11.2. The third-order valence-electron chi connectivity index (χ3n) is 6.30. The third-order valence-corrected chi connectivity index (χ3v) is 9.24. The molecule has 0 saturated heterocycles. The van der Waals surface area contributed by atoms with Crippen molar-refractivity contribution in [3.8, 4) is 12.3 Å². The van der Waals surface area contributed by atoms with E-state index in [0.717, 1.165) is 26.8 Å². The molecule has 0 spiro atoms. The van der Waals surface area contributed by atoms with E-state index in [9.17, 15) is 14.2 Å². The molecule has 2 heterocycles. The Balaban J connectivity index is 1.89. The molecular formula is C27H36BrN4O5P. The highest BCUT2D eigenvalue weighted by molar-refractivity contribution is 9.10. The number of nitrogens with zero attached hydrogens (tertiary/aromatic N) is 4. The average molecular weight is 607 g/mol. The van der Waals surface area contributed by atoms with E-state index in [1.807, 2.05) is 29.7 Å². The van der Waals surface area contributed by atoms with Crippen LogP contribution in [0, 0.1) is 12.3 Å². The summed E-state index contributed by atoms with van der Waals surface area (Å²) in [6.45, 7) is 6.97. The fraction of sp³-hybridized carbons (Fsp3) is 0.519. The number of imidazole rings is 1. The number of unbranched alkanes of at least 4 members (excludes halogenated alkanes) is 2. The molecule has 11 heteroatoms. The van der Waals surface area contributed by atoms with Crippen LogP contribution in [0.3, 0.4) is 0 Å². The molecule has 0 saturated carbocycles. The van der Waals surface area contributed by atoms with Gasteiger partial charge in [-0.2, -0.15) is 0 Å². The Morgan fingerprint density at radius 3 is 2.34 bits per heavy atom. The molecule has 3 aromatic rings. The van der Waals surface area contributed by atoms with Crippen LogP contribution in [0.4, 0.5) is 0 Å². The third kappa shape index (κ3) is 6.95. The number of halogens is 1. The van der Waals surface area contributed by atoms with Crippen LogP contribution in [0.1, 0.15) is 51.4 Å². The minimum atomic E-state index is -3.10. The van der Waals surface area contributed by atoms with Crippen molar-refractivity contribution in [3.05, 3.63) is 61.0 Å². The number of benzene rings is 1. The van der Waals surface area contributed by atoms with Gasteiger partial charge in [0.15, 0.2) is 11.2 Å². The molecule has 0 atom stereocenters. The second-order valence-corrected chi connectivity index (χ2v) is 11.8. The van der Waals surface area contributed by atoms with Crippen molar-refractivity contribution in [2.45, 2.75) is 72.5 Å². The van der Waals surface area contributed by atoms with Crippen LogP contribution in [0.15, 0.2) is 38.3 Å². The lowest BCUT2D eigenvalue weighted by molar-refractivity contribution is 0.219. The Morgan fingerprint density at radius 2 is 1.71 bits per heavy atom. The van der Waals surface area contributed by atoms with E-state index in [1.54, 1.807) is 18.4 Å². The SMILES string of the molecule is C#CCn1c(=O)c2c(nc(CCc3ccccc3Br)n2CC)n(CCCCCP(=O)(OCC)OCC)c1=O. The molecule has 206 valence electrons. The molecule has 9 nitrogen and oxygen atoms in total. The Hall–Kier alpha value is -2.44. The topological polar surface area (TPSA) is 97.3 Å². The van der Waals surface area contributed by atoms with Crippen LogP contribution in [0.5, 0.6) is 0 Å². The van der Waals surface area contributed by atoms with E-state index in [2.05, 4.69) is 27.9 Å². The molecule has 0 unspecified atom stereocenters. The van der Waals surface area contributed by atoms with Crippen molar-refractivity contribution >= 4 is 34.7 Å². The van der Waals surface area contributed by atoms with Gasteiger partial charge in [-0.3, -0.25) is 13.9 Å². The van der Waals surface area contributed by atoms with Crippen LogP contribution < -0.4 is 11.2 Å². The first-order valence-electron chi connectivity index (χ1n) is 13.1. The lowest BCUT2D eigenvalue weighted by Gasteiger charge is -2.16. The van der Waals surface area contributed by atoms with E-state index in [1.165, 1.54) is 0 Å². The van der Waals surface area contributed by atoms with Crippen molar-refractivity contribution < 1.29 is 13.6 Å². The summed E-state index contributed by atoms with van der Waals surface area (Å²) < 4.78 is 29.0. The molecule has 1 aromatic carbocycles. The number of aromatic nitrogens is 4. The summed E-state index contributed by atoms with van der Waals surface area (Å²) in [6.07, 6.45) is 9.11. The summed E-state index contributed by atoms with van der Waals surface area (Å²) in [5.74, 6) is 3.17. The van der Waals surface area contributed by atoms with Gasteiger partial charge in [-0.1, -0.05) is 46.5 Å². The molecule has 0 fully saturated rings. The quantitative estimate of drug-likeness (QED) is 0.137. The predicted molar refractivity (Wildman–Crippen MR) is 154 cm³/mol. The minimum absolute atomic E-state index is 0.110. The first kappa shape index (κ1) is 30.1. The summed E-state index contributed by atoms with van der Waals surface area (Å²) in [6, 6.07) is 8.00. The molecule has 0 bridgehead atoms. The second kappa shape index (κ2) is 14.1. The Morgan fingerprint density at radius 1 is 1.00 bits per heavy atom. The molecule has 2 aromatic heterocycles. The predicted octanol–water partition coefficient (Wildman–Crippen LogP) is 5.00. The number of terminal acetylenes is 1. The van der Waals surface area contributed by atoms with E-state index in [4.69, 9.17) is 20.5 Å². The number of hydrogen-bond donors (Lipinski definition) is 0. The van der Waals surface area contributed by atoms with Gasteiger partial charge < -0.3 is 13.6 Å². The number of rotatable bonds is 15. The van der Waals surface area contributed by atoms with Crippen LogP contribution in [-0.4, -0.2) is 38.1 Å². The molecule has 3 rings (SSSR count). The lowest BCUT2D eigenvalue weighted by atomic mass is 10.1. The zero-order chi connectivity index (χ0) is 27.7. The van der Waals surface area contributed by atoms with Gasteiger partial charge in [0.2, 0.25) is 0 Å². The zero-order valence-electron chi connectivity index (χ0n) is 22.3. The second-order valence-electron chi connectivity index (χ2n) is 8.80. The highest BCUT2D eigenvalue weighted by Crippen LogP contribution is 2.48. The maximum absolute atomic E-state index is 13.3. The van der Waals surface area contributed by atoms with E-state index < -0.39 is 18.8 Å². The Labute approximate surface area is 231 Å². The fourth-order valence-electron chi connectivity index (χ4n) is 4.56. The lowest BCUT2D eigenvalue weighted by Crippen LogP contribution is -2.40. The molecule has 0 aliphatic heterocycles. The number of fused-ring (bicyclic) bond motifs is 1. The van der Waals surface area contributed by atoms with Crippen LogP contribution >= 0.6 is 23.5 Å². The molecule has 0 radical (unpaired) electrons. The average Bonchev–Trinajstić information content (AvgIpc) is 3.26.